The Bertz CT molecular complexity index is 291. The fourth-order valence-electron chi connectivity index (χ4n) is 0.591. The van der Waals surface area contributed by atoms with Crippen LogP contribution < -0.4 is 10.5 Å². The van der Waals surface area contributed by atoms with Crippen LogP contribution >= 0.6 is 0 Å². The Kier molecular flexibility index (Phi) is 5.22. The van der Waals surface area contributed by atoms with Crippen LogP contribution in [-0.2, 0) is 9.53 Å². The van der Waals surface area contributed by atoms with Crippen molar-refractivity contribution in [3.8, 4) is 5.88 Å². The molecule has 0 atom stereocenters. The van der Waals surface area contributed by atoms with Crippen LogP contribution in [0.5, 0.6) is 5.88 Å². The monoisotopic (exact) mass is 215 g/mol. The SMILES string of the molecule is CC(C)(C)OC=O.COc1[nH]ncc1N. The number of hydrogen-bond acceptors (Lipinski definition) is 5. The van der Waals surface area contributed by atoms with E-state index in [4.69, 9.17) is 10.5 Å². The molecule has 0 amide bonds. The van der Waals surface area contributed by atoms with Crippen LogP contribution in [0, 0.1) is 0 Å². The molecule has 0 bridgehead atoms. The quantitative estimate of drug-likeness (QED) is 0.717. The number of carbonyl (C=O) groups is 1. The number of aromatic nitrogens is 2. The minimum atomic E-state index is -0.318. The van der Waals surface area contributed by atoms with E-state index in [-0.39, 0.29) is 5.60 Å². The van der Waals surface area contributed by atoms with Crippen molar-refractivity contribution in [2.24, 2.45) is 0 Å². The number of ether oxygens (including phenoxy) is 2. The third-order valence-electron chi connectivity index (χ3n) is 1.24. The largest absolute Gasteiger partial charge is 0.480 e. The van der Waals surface area contributed by atoms with Crippen molar-refractivity contribution in [2.45, 2.75) is 26.4 Å². The summed E-state index contributed by atoms with van der Waals surface area (Å²) in [6.45, 7) is 5.92. The van der Waals surface area contributed by atoms with Gasteiger partial charge >= 0.3 is 0 Å². The molecule has 0 fully saturated rings. The first kappa shape index (κ1) is 13.3. The third kappa shape index (κ3) is 6.36. The first-order valence-electron chi connectivity index (χ1n) is 4.35. The number of H-pyrrole nitrogens is 1. The Hall–Kier alpha value is -1.72. The number of methoxy groups -OCH3 is 1. The highest BCUT2D eigenvalue weighted by molar-refractivity contribution is 5.44. The normalized spacial score (nSPS) is 9.87. The number of hydrogen-bond donors (Lipinski definition) is 2. The minimum absolute atomic E-state index is 0.318. The van der Waals surface area contributed by atoms with E-state index in [1.807, 2.05) is 20.8 Å². The molecule has 0 aliphatic carbocycles. The van der Waals surface area contributed by atoms with E-state index in [0.29, 0.717) is 18.0 Å². The second-order valence-electron chi connectivity index (χ2n) is 3.69. The van der Waals surface area contributed by atoms with E-state index in [9.17, 15) is 4.79 Å². The van der Waals surface area contributed by atoms with E-state index in [1.165, 1.54) is 13.3 Å². The predicted octanol–water partition coefficient (Wildman–Crippen LogP) is 0.958. The molecule has 0 spiro atoms. The molecular weight excluding hydrogens is 198 g/mol. The first-order chi connectivity index (χ1) is 6.90. The van der Waals surface area contributed by atoms with Gasteiger partial charge in [0, 0.05) is 0 Å². The van der Waals surface area contributed by atoms with Crippen molar-refractivity contribution < 1.29 is 14.3 Å². The summed E-state index contributed by atoms with van der Waals surface area (Å²) in [5.41, 5.74) is 5.55. The van der Waals surface area contributed by atoms with Crippen molar-refractivity contribution >= 4 is 12.2 Å². The molecule has 0 radical (unpaired) electrons. The van der Waals surface area contributed by atoms with Gasteiger partial charge in [-0.2, -0.15) is 5.10 Å². The van der Waals surface area contributed by atoms with Gasteiger partial charge in [-0.3, -0.25) is 4.79 Å². The maximum atomic E-state index is 9.60. The Labute approximate surface area is 88.8 Å². The van der Waals surface area contributed by atoms with Crippen molar-refractivity contribution in [3.05, 3.63) is 6.20 Å². The lowest BCUT2D eigenvalue weighted by Gasteiger charge is -2.14. The number of nitrogens with two attached hydrogens (primary N) is 1. The second kappa shape index (κ2) is 5.90. The van der Waals surface area contributed by atoms with Gasteiger partial charge in [0.25, 0.3) is 6.47 Å². The summed E-state index contributed by atoms with van der Waals surface area (Å²) in [5, 5.41) is 6.18. The summed E-state index contributed by atoms with van der Waals surface area (Å²) in [5.74, 6) is 0.519. The van der Waals surface area contributed by atoms with E-state index < -0.39 is 0 Å². The van der Waals surface area contributed by atoms with Crippen LogP contribution in [0.1, 0.15) is 20.8 Å². The van der Waals surface area contributed by atoms with Gasteiger partial charge in [-0.1, -0.05) is 0 Å². The summed E-state index contributed by atoms with van der Waals surface area (Å²) < 4.78 is 9.29. The highest BCUT2D eigenvalue weighted by atomic mass is 16.5. The van der Waals surface area contributed by atoms with E-state index in [1.54, 1.807) is 0 Å². The molecule has 1 aromatic rings. The molecule has 1 heterocycles. The van der Waals surface area contributed by atoms with E-state index in [2.05, 4.69) is 14.9 Å². The van der Waals surface area contributed by atoms with Crippen LogP contribution in [0.4, 0.5) is 5.69 Å². The van der Waals surface area contributed by atoms with E-state index >= 15 is 0 Å². The lowest BCUT2D eigenvalue weighted by Crippen LogP contribution is -2.17. The van der Waals surface area contributed by atoms with Crippen molar-refractivity contribution in [1.82, 2.24) is 10.2 Å². The molecule has 86 valence electrons. The van der Waals surface area contributed by atoms with Gasteiger partial charge in [-0.05, 0) is 20.8 Å². The van der Waals surface area contributed by atoms with Gasteiger partial charge in [0.2, 0.25) is 5.88 Å². The van der Waals surface area contributed by atoms with E-state index in [0.717, 1.165) is 0 Å². The molecule has 0 aromatic carbocycles. The summed E-state index contributed by atoms with van der Waals surface area (Å²) in [6.07, 6.45) is 1.50. The highest BCUT2D eigenvalue weighted by Gasteiger charge is 2.07. The number of anilines is 1. The Morgan fingerprint density at radius 1 is 1.53 bits per heavy atom. The van der Waals surface area contributed by atoms with Gasteiger partial charge in [0.1, 0.15) is 11.3 Å². The Balaban J connectivity index is 0.000000265. The second-order valence-corrected chi connectivity index (χ2v) is 3.69. The zero-order chi connectivity index (χ0) is 11.9. The van der Waals surface area contributed by atoms with Crippen molar-refractivity contribution in [1.29, 1.82) is 0 Å². The predicted molar refractivity (Wildman–Crippen MR) is 56.5 cm³/mol. The molecule has 6 heteroatoms. The minimum Gasteiger partial charge on any atom is -0.480 e. The number of nitrogens with zero attached hydrogens (tertiary/aromatic N) is 1. The molecule has 0 aliphatic heterocycles. The number of nitrogens with one attached hydrogen (secondary N) is 1. The smallest absolute Gasteiger partial charge is 0.293 e. The fraction of sp³-hybridized carbons (Fsp3) is 0.556. The van der Waals surface area contributed by atoms with Crippen LogP contribution in [0.3, 0.4) is 0 Å². The zero-order valence-corrected chi connectivity index (χ0v) is 9.40. The lowest BCUT2D eigenvalue weighted by atomic mass is 10.2. The Morgan fingerprint density at radius 2 is 2.13 bits per heavy atom. The average Bonchev–Trinajstić information content (AvgIpc) is 2.49. The first-order valence-corrected chi connectivity index (χ1v) is 4.35. The summed E-state index contributed by atoms with van der Waals surface area (Å²) in [4.78, 5) is 9.60. The zero-order valence-electron chi connectivity index (χ0n) is 9.40. The number of carbonyl (C=O) groups excluding carboxylic acids is 1. The van der Waals surface area contributed by atoms with Crippen molar-refractivity contribution in [3.63, 3.8) is 0 Å². The van der Waals surface area contributed by atoms with Gasteiger partial charge in [-0.15, -0.1) is 0 Å². The molecule has 0 aliphatic rings. The Morgan fingerprint density at radius 3 is 2.27 bits per heavy atom. The molecule has 6 nitrogen and oxygen atoms in total. The van der Waals surface area contributed by atoms with Gasteiger partial charge in [0.15, 0.2) is 0 Å². The van der Waals surface area contributed by atoms with Crippen molar-refractivity contribution in [2.75, 3.05) is 12.8 Å². The molecule has 0 unspecified atom stereocenters. The van der Waals surface area contributed by atoms with Gasteiger partial charge < -0.3 is 15.2 Å². The average molecular weight is 215 g/mol. The molecule has 0 saturated heterocycles. The molecule has 3 N–H and O–H groups in total. The number of rotatable bonds is 2. The molecule has 0 saturated carbocycles. The molecule has 1 aromatic heterocycles. The summed E-state index contributed by atoms with van der Waals surface area (Å²) in [6, 6.07) is 0. The maximum absolute atomic E-state index is 9.60. The van der Waals surface area contributed by atoms with Gasteiger partial charge in [0.05, 0.1) is 13.3 Å². The third-order valence-corrected chi connectivity index (χ3v) is 1.24. The summed E-state index contributed by atoms with van der Waals surface area (Å²) >= 11 is 0. The van der Waals surface area contributed by atoms with Crippen LogP contribution in [0.15, 0.2) is 6.20 Å². The fourth-order valence-corrected chi connectivity index (χ4v) is 0.591. The topological polar surface area (TPSA) is 90.2 Å². The molecular formula is C9H17N3O3. The maximum Gasteiger partial charge on any atom is 0.293 e. The van der Waals surface area contributed by atoms with Crippen LogP contribution in [0.2, 0.25) is 0 Å². The number of aromatic amines is 1. The summed E-state index contributed by atoms with van der Waals surface area (Å²) in [7, 11) is 1.53. The number of nitrogen functional groups attached to an aromatic ring is 1. The standard InChI is InChI=1S/C5H10O2.C4H7N3O/c1-5(2,3)7-4-6;1-8-4-3(5)2-6-7-4/h4H,1-3H3;2H,5H2,1H3,(H,6,7). The molecule has 1 rings (SSSR count). The van der Waals surface area contributed by atoms with Crippen LogP contribution in [0.25, 0.3) is 0 Å². The van der Waals surface area contributed by atoms with Crippen LogP contribution in [-0.4, -0.2) is 29.4 Å². The lowest BCUT2D eigenvalue weighted by molar-refractivity contribution is -0.138. The van der Waals surface area contributed by atoms with Gasteiger partial charge in [-0.25, -0.2) is 5.10 Å². The highest BCUT2D eigenvalue weighted by Crippen LogP contribution is 2.13. The molecule has 15 heavy (non-hydrogen) atoms.